The first-order valence-corrected chi connectivity index (χ1v) is 4.42. The minimum Gasteiger partial charge on any atom is -0.481 e. The molecule has 1 heterocycles. The van der Waals surface area contributed by atoms with Gasteiger partial charge in [-0.05, 0) is 6.92 Å². The molecule has 0 bridgehead atoms. The fraction of sp³-hybridized carbons (Fsp3) is 0.875. The van der Waals surface area contributed by atoms with Gasteiger partial charge in [-0.2, -0.15) is 0 Å². The summed E-state index contributed by atoms with van der Waals surface area (Å²) in [6.45, 7) is 1.08. The molecule has 1 rings (SSSR count). The first kappa shape index (κ1) is 12.3. The van der Waals surface area contributed by atoms with Gasteiger partial charge in [0.1, 0.15) is 24.4 Å². The molecule has 5 N–H and O–H groups in total. The number of hydrogen-bond donors (Lipinski definition) is 5. The van der Waals surface area contributed by atoms with Gasteiger partial charge < -0.3 is 30.3 Å². The first-order valence-electron chi connectivity index (χ1n) is 4.42. The zero-order chi connectivity index (χ0) is 11.8. The highest BCUT2D eigenvalue weighted by Gasteiger charge is 2.50. The maximum atomic E-state index is 10.4. The van der Waals surface area contributed by atoms with Gasteiger partial charge in [0.2, 0.25) is 0 Å². The van der Waals surface area contributed by atoms with Gasteiger partial charge in [0.25, 0.3) is 0 Å². The second-order valence-corrected chi connectivity index (χ2v) is 3.73. The van der Waals surface area contributed by atoms with Crippen LogP contribution in [-0.4, -0.2) is 61.7 Å². The molecule has 0 aromatic heterocycles. The van der Waals surface area contributed by atoms with E-state index in [0.717, 1.165) is 6.92 Å². The minimum atomic E-state index is -2.07. The van der Waals surface area contributed by atoms with E-state index < -0.39 is 42.6 Å². The lowest BCUT2D eigenvalue weighted by Gasteiger charge is -2.43. The SMILES string of the molecule is C[C@]1(O)O[C@H](CC(=O)O)[C@@H](O)[C@H](O)[C@@H]1O. The summed E-state index contributed by atoms with van der Waals surface area (Å²) in [4.78, 5) is 10.4. The third-order valence-corrected chi connectivity index (χ3v) is 2.37. The number of carboxylic acids is 1. The summed E-state index contributed by atoms with van der Waals surface area (Å²) in [6, 6.07) is 0. The molecule has 0 aromatic rings. The second-order valence-electron chi connectivity index (χ2n) is 3.73. The Balaban J connectivity index is 2.79. The Morgan fingerprint density at radius 1 is 1.33 bits per heavy atom. The van der Waals surface area contributed by atoms with E-state index >= 15 is 0 Å². The number of aliphatic hydroxyl groups is 4. The smallest absolute Gasteiger partial charge is 0.306 e. The summed E-state index contributed by atoms with van der Waals surface area (Å²) < 4.78 is 4.79. The molecule has 1 aliphatic rings. The number of carboxylic acid groups (broad SMARTS) is 1. The van der Waals surface area contributed by atoms with Gasteiger partial charge in [0.15, 0.2) is 5.79 Å². The molecule has 1 saturated heterocycles. The van der Waals surface area contributed by atoms with E-state index in [1.54, 1.807) is 0 Å². The summed E-state index contributed by atoms with van der Waals surface area (Å²) in [5.41, 5.74) is 0. The normalized spacial score (nSPS) is 46.5. The van der Waals surface area contributed by atoms with E-state index in [2.05, 4.69) is 0 Å². The quantitative estimate of drug-likeness (QED) is 0.354. The summed E-state index contributed by atoms with van der Waals surface area (Å²) in [6.07, 6.45) is -6.69. The maximum Gasteiger partial charge on any atom is 0.306 e. The zero-order valence-corrected chi connectivity index (χ0v) is 8.07. The lowest BCUT2D eigenvalue weighted by atomic mass is 9.92. The number of aliphatic carboxylic acids is 1. The molecule has 0 spiro atoms. The molecule has 1 aliphatic heterocycles. The van der Waals surface area contributed by atoms with Gasteiger partial charge >= 0.3 is 5.97 Å². The Kier molecular flexibility index (Phi) is 3.31. The van der Waals surface area contributed by atoms with Gasteiger partial charge in [-0.25, -0.2) is 0 Å². The average molecular weight is 222 g/mol. The van der Waals surface area contributed by atoms with Crippen LogP contribution in [0.25, 0.3) is 0 Å². The molecule has 0 amide bonds. The Bertz CT molecular complexity index is 251. The van der Waals surface area contributed by atoms with E-state index in [4.69, 9.17) is 9.84 Å². The van der Waals surface area contributed by atoms with Crippen LogP contribution in [-0.2, 0) is 9.53 Å². The van der Waals surface area contributed by atoms with Crippen LogP contribution >= 0.6 is 0 Å². The topological polar surface area (TPSA) is 127 Å². The largest absolute Gasteiger partial charge is 0.481 e. The molecule has 1 fully saturated rings. The summed E-state index contributed by atoms with van der Waals surface area (Å²) >= 11 is 0. The van der Waals surface area contributed by atoms with Gasteiger partial charge in [-0.1, -0.05) is 0 Å². The molecular formula is C8H14O7. The maximum absolute atomic E-state index is 10.4. The second kappa shape index (κ2) is 4.03. The summed E-state index contributed by atoms with van der Waals surface area (Å²) in [5, 5.41) is 46.0. The van der Waals surface area contributed by atoms with Crippen molar-refractivity contribution in [2.45, 2.75) is 43.5 Å². The molecule has 0 aliphatic carbocycles. The lowest BCUT2D eigenvalue weighted by molar-refractivity contribution is -0.337. The number of aliphatic hydroxyl groups excluding tert-OH is 3. The van der Waals surface area contributed by atoms with Crippen molar-refractivity contribution in [2.24, 2.45) is 0 Å². The van der Waals surface area contributed by atoms with E-state index in [1.165, 1.54) is 0 Å². The number of ether oxygens (including phenoxy) is 1. The lowest BCUT2D eigenvalue weighted by Crippen LogP contribution is -2.63. The Morgan fingerprint density at radius 2 is 1.87 bits per heavy atom. The highest BCUT2D eigenvalue weighted by molar-refractivity contribution is 5.67. The van der Waals surface area contributed by atoms with Crippen LogP contribution < -0.4 is 0 Å². The molecule has 15 heavy (non-hydrogen) atoms. The Morgan fingerprint density at radius 3 is 2.33 bits per heavy atom. The van der Waals surface area contributed by atoms with Crippen molar-refractivity contribution in [1.82, 2.24) is 0 Å². The van der Waals surface area contributed by atoms with Crippen LogP contribution in [0.1, 0.15) is 13.3 Å². The highest BCUT2D eigenvalue weighted by atomic mass is 16.7. The van der Waals surface area contributed by atoms with Gasteiger partial charge in [-0.15, -0.1) is 0 Å². The van der Waals surface area contributed by atoms with E-state index in [-0.39, 0.29) is 0 Å². The van der Waals surface area contributed by atoms with E-state index in [1.807, 2.05) is 0 Å². The number of hydrogen-bond acceptors (Lipinski definition) is 6. The van der Waals surface area contributed by atoms with Crippen molar-refractivity contribution >= 4 is 5.97 Å². The zero-order valence-electron chi connectivity index (χ0n) is 8.07. The van der Waals surface area contributed by atoms with Crippen molar-refractivity contribution in [1.29, 1.82) is 0 Å². The predicted octanol–water partition coefficient (Wildman–Crippen LogP) is -2.35. The summed E-state index contributed by atoms with van der Waals surface area (Å²) in [5.74, 6) is -3.31. The van der Waals surface area contributed by atoms with Crippen molar-refractivity contribution < 1.29 is 35.1 Å². The molecule has 0 aromatic carbocycles. The standard InChI is InChI=1S/C8H14O7/c1-8(14)7(13)6(12)5(11)3(15-8)2-4(9)10/h3,5-7,11-14H,2H2,1H3,(H,9,10)/t3-,5-,6+,7+,8+/m1/s1. The molecule has 0 unspecified atom stereocenters. The van der Waals surface area contributed by atoms with Crippen LogP contribution in [0.15, 0.2) is 0 Å². The highest BCUT2D eigenvalue weighted by Crippen LogP contribution is 2.28. The third kappa shape index (κ3) is 2.44. The fourth-order valence-electron chi connectivity index (χ4n) is 1.50. The van der Waals surface area contributed by atoms with Gasteiger partial charge in [0.05, 0.1) is 6.42 Å². The van der Waals surface area contributed by atoms with Crippen LogP contribution in [0.2, 0.25) is 0 Å². The molecule has 5 atom stereocenters. The number of carbonyl (C=O) groups is 1. The Hall–Kier alpha value is -0.730. The molecule has 0 radical (unpaired) electrons. The van der Waals surface area contributed by atoms with E-state index in [0.29, 0.717) is 0 Å². The van der Waals surface area contributed by atoms with Crippen LogP contribution in [0, 0.1) is 0 Å². The van der Waals surface area contributed by atoms with Crippen molar-refractivity contribution in [2.75, 3.05) is 0 Å². The average Bonchev–Trinajstić information content (AvgIpc) is 2.10. The van der Waals surface area contributed by atoms with Crippen molar-refractivity contribution in [3.63, 3.8) is 0 Å². The van der Waals surface area contributed by atoms with Crippen molar-refractivity contribution in [3.8, 4) is 0 Å². The summed E-state index contributed by atoms with van der Waals surface area (Å²) in [7, 11) is 0. The monoisotopic (exact) mass is 222 g/mol. The molecular weight excluding hydrogens is 208 g/mol. The van der Waals surface area contributed by atoms with Crippen LogP contribution in [0.5, 0.6) is 0 Å². The van der Waals surface area contributed by atoms with Gasteiger partial charge in [0, 0.05) is 0 Å². The van der Waals surface area contributed by atoms with Crippen LogP contribution in [0.4, 0.5) is 0 Å². The first-order chi connectivity index (χ1) is 6.75. The van der Waals surface area contributed by atoms with Gasteiger partial charge in [-0.3, -0.25) is 4.79 Å². The third-order valence-electron chi connectivity index (χ3n) is 2.37. The molecule has 0 saturated carbocycles. The molecule has 7 nitrogen and oxygen atoms in total. The number of rotatable bonds is 2. The predicted molar refractivity (Wildman–Crippen MR) is 45.8 cm³/mol. The molecule has 88 valence electrons. The van der Waals surface area contributed by atoms with E-state index in [9.17, 15) is 25.2 Å². The van der Waals surface area contributed by atoms with Crippen LogP contribution in [0.3, 0.4) is 0 Å². The Labute approximate surface area is 85.5 Å². The van der Waals surface area contributed by atoms with Crippen molar-refractivity contribution in [3.05, 3.63) is 0 Å². The molecule has 7 heteroatoms. The minimum absolute atomic E-state index is 0.568. The fourth-order valence-corrected chi connectivity index (χ4v) is 1.50.